The first-order chi connectivity index (χ1) is 8.93. The van der Waals surface area contributed by atoms with Gasteiger partial charge >= 0.3 is 0 Å². The fraction of sp³-hybridized carbons (Fsp3) is 0.600. The largest absolute Gasteiger partial charge is 0.378 e. The molecule has 1 aliphatic heterocycles. The normalized spacial score (nSPS) is 23.0. The topological polar surface area (TPSA) is 38.5 Å². The molecule has 0 radical (unpaired) electrons. The molecule has 1 aromatic rings. The standard InChI is InChI=1S/C15H23FN2O/c1-11(17)14(12-6-4-5-7-13(12)16)18-8-9-19-10-15(18,2)3/h4-7,11,14H,8-10,17H2,1-3H3. The Morgan fingerprint density at radius 2 is 2.05 bits per heavy atom. The van der Waals surface area contributed by atoms with Crippen LogP contribution in [0.15, 0.2) is 24.3 Å². The molecule has 4 heteroatoms. The smallest absolute Gasteiger partial charge is 0.128 e. The van der Waals surface area contributed by atoms with Crippen molar-refractivity contribution in [2.75, 3.05) is 19.8 Å². The number of nitrogens with zero attached hydrogens (tertiary/aromatic N) is 1. The van der Waals surface area contributed by atoms with E-state index in [0.717, 1.165) is 6.54 Å². The van der Waals surface area contributed by atoms with Gasteiger partial charge in [0.25, 0.3) is 0 Å². The quantitative estimate of drug-likeness (QED) is 0.912. The van der Waals surface area contributed by atoms with Gasteiger partial charge in [-0.15, -0.1) is 0 Å². The van der Waals surface area contributed by atoms with E-state index < -0.39 is 0 Å². The molecule has 0 amide bonds. The van der Waals surface area contributed by atoms with Gasteiger partial charge in [0.15, 0.2) is 0 Å². The van der Waals surface area contributed by atoms with Gasteiger partial charge in [0.05, 0.1) is 19.3 Å². The average Bonchev–Trinajstić information content (AvgIpc) is 2.33. The van der Waals surface area contributed by atoms with Gasteiger partial charge in [-0.2, -0.15) is 0 Å². The first-order valence-electron chi connectivity index (χ1n) is 6.78. The minimum Gasteiger partial charge on any atom is -0.378 e. The lowest BCUT2D eigenvalue weighted by Gasteiger charge is -2.48. The van der Waals surface area contributed by atoms with E-state index >= 15 is 0 Å². The average molecular weight is 266 g/mol. The highest BCUT2D eigenvalue weighted by Crippen LogP contribution is 2.33. The molecule has 1 aliphatic rings. The third-order valence-electron chi connectivity index (χ3n) is 3.77. The highest BCUT2D eigenvalue weighted by Gasteiger charge is 2.38. The van der Waals surface area contributed by atoms with Gasteiger partial charge < -0.3 is 10.5 Å². The number of halogens is 1. The van der Waals surface area contributed by atoms with Crippen molar-refractivity contribution in [1.82, 2.24) is 4.90 Å². The molecule has 0 saturated carbocycles. The van der Waals surface area contributed by atoms with Crippen LogP contribution in [0, 0.1) is 5.82 Å². The molecule has 1 saturated heterocycles. The molecule has 2 N–H and O–H groups in total. The van der Waals surface area contributed by atoms with Gasteiger partial charge in [0.1, 0.15) is 5.82 Å². The molecule has 1 fully saturated rings. The van der Waals surface area contributed by atoms with Gasteiger partial charge in [-0.1, -0.05) is 18.2 Å². The fourth-order valence-corrected chi connectivity index (χ4v) is 2.84. The molecule has 0 spiro atoms. The SMILES string of the molecule is CC(N)C(c1ccccc1F)N1CCOCC1(C)C. The zero-order valence-corrected chi connectivity index (χ0v) is 11.9. The summed E-state index contributed by atoms with van der Waals surface area (Å²) in [6.07, 6.45) is 0. The number of benzene rings is 1. The fourth-order valence-electron chi connectivity index (χ4n) is 2.84. The predicted octanol–water partition coefficient (Wildman–Crippen LogP) is 2.32. The number of hydrogen-bond acceptors (Lipinski definition) is 3. The van der Waals surface area contributed by atoms with E-state index in [2.05, 4.69) is 18.7 Å². The summed E-state index contributed by atoms with van der Waals surface area (Å²) < 4.78 is 19.6. The van der Waals surface area contributed by atoms with Crippen LogP contribution in [0.4, 0.5) is 4.39 Å². The van der Waals surface area contributed by atoms with Crippen molar-refractivity contribution in [3.63, 3.8) is 0 Å². The molecule has 1 aromatic carbocycles. The van der Waals surface area contributed by atoms with Gasteiger partial charge in [-0.25, -0.2) is 4.39 Å². The lowest BCUT2D eigenvalue weighted by Crippen LogP contribution is -2.57. The zero-order chi connectivity index (χ0) is 14.0. The van der Waals surface area contributed by atoms with Crippen LogP contribution in [0.25, 0.3) is 0 Å². The molecule has 0 bridgehead atoms. The zero-order valence-electron chi connectivity index (χ0n) is 11.9. The summed E-state index contributed by atoms with van der Waals surface area (Å²) in [7, 11) is 0. The van der Waals surface area contributed by atoms with E-state index in [1.165, 1.54) is 6.07 Å². The van der Waals surface area contributed by atoms with E-state index in [1.54, 1.807) is 6.07 Å². The first kappa shape index (κ1) is 14.4. The number of rotatable bonds is 3. The Morgan fingerprint density at radius 1 is 1.37 bits per heavy atom. The lowest BCUT2D eigenvalue weighted by molar-refractivity contribution is -0.0771. The number of ether oxygens (including phenoxy) is 1. The van der Waals surface area contributed by atoms with E-state index in [-0.39, 0.29) is 23.4 Å². The second-order valence-electron chi connectivity index (χ2n) is 5.88. The van der Waals surface area contributed by atoms with Crippen LogP contribution >= 0.6 is 0 Å². The molecule has 2 atom stereocenters. The molecule has 2 rings (SSSR count). The monoisotopic (exact) mass is 266 g/mol. The maximum atomic E-state index is 14.1. The van der Waals surface area contributed by atoms with Crippen molar-refractivity contribution in [3.8, 4) is 0 Å². The molecule has 106 valence electrons. The maximum absolute atomic E-state index is 14.1. The Labute approximate surface area is 114 Å². The van der Waals surface area contributed by atoms with E-state index in [1.807, 2.05) is 19.1 Å². The summed E-state index contributed by atoms with van der Waals surface area (Å²) in [5, 5.41) is 0. The summed E-state index contributed by atoms with van der Waals surface area (Å²) in [4.78, 5) is 2.26. The van der Waals surface area contributed by atoms with Crippen LogP contribution < -0.4 is 5.73 Å². The van der Waals surface area contributed by atoms with Gasteiger partial charge in [0, 0.05) is 23.7 Å². The number of nitrogens with two attached hydrogens (primary N) is 1. The summed E-state index contributed by atoms with van der Waals surface area (Å²) in [6, 6.07) is 6.63. The highest BCUT2D eigenvalue weighted by molar-refractivity contribution is 5.23. The first-order valence-corrected chi connectivity index (χ1v) is 6.78. The Bertz CT molecular complexity index is 434. The minimum atomic E-state index is -0.188. The van der Waals surface area contributed by atoms with E-state index in [4.69, 9.17) is 10.5 Å². The number of morpholine rings is 1. The van der Waals surface area contributed by atoms with Crippen molar-refractivity contribution in [3.05, 3.63) is 35.6 Å². The summed E-state index contributed by atoms with van der Waals surface area (Å²) in [5.74, 6) is -0.188. The summed E-state index contributed by atoms with van der Waals surface area (Å²) >= 11 is 0. The predicted molar refractivity (Wildman–Crippen MR) is 74.4 cm³/mol. The van der Waals surface area contributed by atoms with Crippen molar-refractivity contribution >= 4 is 0 Å². The van der Waals surface area contributed by atoms with E-state index in [0.29, 0.717) is 18.8 Å². The second kappa shape index (κ2) is 5.57. The molecule has 2 unspecified atom stereocenters. The van der Waals surface area contributed by atoms with Gasteiger partial charge in [-0.3, -0.25) is 4.90 Å². The van der Waals surface area contributed by atoms with Crippen LogP contribution in [0.2, 0.25) is 0 Å². The molecule has 1 heterocycles. The molecular weight excluding hydrogens is 243 g/mol. The van der Waals surface area contributed by atoms with Crippen molar-refractivity contribution in [2.24, 2.45) is 5.73 Å². The molecular formula is C15H23FN2O. The second-order valence-corrected chi connectivity index (χ2v) is 5.88. The summed E-state index contributed by atoms with van der Waals surface area (Å²) in [6.45, 7) is 8.24. The van der Waals surface area contributed by atoms with Crippen LogP contribution in [0.1, 0.15) is 32.4 Å². The summed E-state index contributed by atoms with van der Waals surface area (Å²) in [5.41, 5.74) is 6.67. The van der Waals surface area contributed by atoms with Crippen molar-refractivity contribution < 1.29 is 9.13 Å². The van der Waals surface area contributed by atoms with E-state index in [9.17, 15) is 4.39 Å². The van der Waals surface area contributed by atoms with Gasteiger partial charge in [-0.05, 0) is 26.8 Å². The third-order valence-corrected chi connectivity index (χ3v) is 3.77. The van der Waals surface area contributed by atoms with Crippen LogP contribution in [0.3, 0.4) is 0 Å². The molecule has 3 nitrogen and oxygen atoms in total. The molecule has 0 aliphatic carbocycles. The molecule has 19 heavy (non-hydrogen) atoms. The molecule has 0 aromatic heterocycles. The van der Waals surface area contributed by atoms with Crippen LogP contribution in [-0.4, -0.2) is 36.2 Å². The van der Waals surface area contributed by atoms with Crippen molar-refractivity contribution in [2.45, 2.75) is 38.4 Å². The lowest BCUT2D eigenvalue weighted by atomic mass is 9.92. The third kappa shape index (κ3) is 2.96. The van der Waals surface area contributed by atoms with Crippen LogP contribution in [0.5, 0.6) is 0 Å². The highest BCUT2D eigenvalue weighted by atomic mass is 19.1. The van der Waals surface area contributed by atoms with Crippen molar-refractivity contribution in [1.29, 1.82) is 0 Å². The van der Waals surface area contributed by atoms with Crippen LogP contribution in [-0.2, 0) is 4.74 Å². The maximum Gasteiger partial charge on any atom is 0.128 e. The Balaban J connectivity index is 2.38. The minimum absolute atomic E-state index is 0.125. The number of hydrogen-bond donors (Lipinski definition) is 1. The Morgan fingerprint density at radius 3 is 2.63 bits per heavy atom. The Kier molecular flexibility index (Phi) is 4.23. The Hall–Kier alpha value is -0.970. The van der Waals surface area contributed by atoms with Gasteiger partial charge in [0.2, 0.25) is 0 Å².